The Hall–Kier alpha value is -0.120. The second-order valence-corrected chi connectivity index (χ2v) is 6.06. The van der Waals surface area contributed by atoms with Crippen LogP contribution in [0.1, 0.15) is 33.6 Å². The standard InChI is InChI=1S/C14H29N3/c1-4-14-11-16(8-6-15-14)9-13-5-7-17(10-13)12(2)3/h12-15H,4-11H2,1-3H3. The number of piperazine rings is 1. The van der Waals surface area contributed by atoms with Crippen LogP contribution in [0, 0.1) is 5.92 Å². The quantitative estimate of drug-likeness (QED) is 0.800. The van der Waals surface area contributed by atoms with Crippen molar-refractivity contribution in [1.82, 2.24) is 15.1 Å². The van der Waals surface area contributed by atoms with Crippen LogP contribution in [0.4, 0.5) is 0 Å². The first-order valence-electron chi connectivity index (χ1n) is 7.38. The summed E-state index contributed by atoms with van der Waals surface area (Å²) in [6, 6.07) is 1.46. The van der Waals surface area contributed by atoms with Crippen LogP contribution in [-0.2, 0) is 0 Å². The van der Waals surface area contributed by atoms with Gasteiger partial charge in [0.1, 0.15) is 0 Å². The average Bonchev–Trinajstić information content (AvgIpc) is 2.78. The van der Waals surface area contributed by atoms with E-state index in [-0.39, 0.29) is 0 Å². The highest BCUT2D eigenvalue weighted by atomic mass is 15.2. The lowest BCUT2D eigenvalue weighted by Gasteiger charge is -2.34. The second kappa shape index (κ2) is 6.17. The van der Waals surface area contributed by atoms with Crippen molar-refractivity contribution in [1.29, 1.82) is 0 Å². The second-order valence-electron chi connectivity index (χ2n) is 6.06. The molecule has 0 aromatic carbocycles. The molecule has 0 aliphatic carbocycles. The number of hydrogen-bond acceptors (Lipinski definition) is 3. The van der Waals surface area contributed by atoms with Crippen molar-refractivity contribution in [2.75, 3.05) is 39.3 Å². The van der Waals surface area contributed by atoms with E-state index in [4.69, 9.17) is 0 Å². The molecule has 2 rings (SSSR count). The molecule has 3 nitrogen and oxygen atoms in total. The van der Waals surface area contributed by atoms with Crippen LogP contribution in [0.5, 0.6) is 0 Å². The van der Waals surface area contributed by atoms with E-state index in [1.807, 2.05) is 0 Å². The third-order valence-electron chi connectivity index (χ3n) is 4.40. The molecule has 2 unspecified atom stereocenters. The topological polar surface area (TPSA) is 18.5 Å². The third kappa shape index (κ3) is 3.67. The van der Waals surface area contributed by atoms with Crippen molar-refractivity contribution in [3.8, 4) is 0 Å². The molecule has 2 heterocycles. The third-order valence-corrected chi connectivity index (χ3v) is 4.40. The Bertz CT molecular complexity index is 230. The van der Waals surface area contributed by atoms with E-state index in [1.165, 1.54) is 52.1 Å². The molecule has 0 radical (unpaired) electrons. The Kier molecular flexibility index (Phi) is 4.83. The van der Waals surface area contributed by atoms with Gasteiger partial charge in [-0.25, -0.2) is 0 Å². The fraction of sp³-hybridized carbons (Fsp3) is 1.00. The maximum atomic E-state index is 3.60. The number of nitrogens with one attached hydrogen (secondary N) is 1. The molecule has 17 heavy (non-hydrogen) atoms. The zero-order chi connectivity index (χ0) is 12.3. The van der Waals surface area contributed by atoms with Crippen molar-refractivity contribution in [2.45, 2.75) is 45.7 Å². The molecule has 0 aromatic heterocycles. The van der Waals surface area contributed by atoms with Gasteiger partial charge < -0.3 is 15.1 Å². The molecule has 0 saturated carbocycles. The van der Waals surface area contributed by atoms with Gasteiger partial charge in [0.2, 0.25) is 0 Å². The first-order valence-corrected chi connectivity index (χ1v) is 7.38. The average molecular weight is 239 g/mol. The zero-order valence-corrected chi connectivity index (χ0v) is 11.8. The lowest BCUT2D eigenvalue weighted by atomic mass is 10.1. The van der Waals surface area contributed by atoms with Gasteiger partial charge in [0, 0.05) is 44.8 Å². The molecule has 0 aromatic rings. The number of hydrogen-bond donors (Lipinski definition) is 1. The van der Waals surface area contributed by atoms with Crippen molar-refractivity contribution in [3.05, 3.63) is 0 Å². The molecular weight excluding hydrogens is 210 g/mol. The molecule has 3 heteroatoms. The molecule has 1 N–H and O–H groups in total. The van der Waals surface area contributed by atoms with E-state index >= 15 is 0 Å². The van der Waals surface area contributed by atoms with E-state index in [0.29, 0.717) is 0 Å². The van der Waals surface area contributed by atoms with Gasteiger partial charge >= 0.3 is 0 Å². The molecule has 0 bridgehead atoms. The minimum Gasteiger partial charge on any atom is -0.311 e. The van der Waals surface area contributed by atoms with Gasteiger partial charge in [-0.3, -0.25) is 0 Å². The summed E-state index contributed by atoms with van der Waals surface area (Å²) in [4.78, 5) is 5.31. The summed E-state index contributed by atoms with van der Waals surface area (Å²) in [5, 5.41) is 3.60. The van der Waals surface area contributed by atoms with Crippen LogP contribution < -0.4 is 5.32 Å². The van der Waals surface area contributed by atoms with Crippen molar-refractivity contribution in [3.63, 3.8) is 0 Å². The highest BCUT2D eigenvalue weighted by Gasteiger charge is 2.27. The van der Waals surface area contributed by atoms with Crippen molar-refractivity contribution in [2.24, 2.45) is 5.92 Å². The number of likely N-dealkylation sites (tertiary alicyclic amines) is 1. The monoisotopic (exact) mass is 239 g/mol. The van der Waals surface area contributed by atoms with Crippen LogP contribution in [-0.4, -0.2) is 61.2 Å². The minimum atomic E-state index is 0.728. The van der Waals surface area contributed by atoms with Gasteiger partial charge in [-0.15, -0.1) is 0 Å². The minimum absolute atomic E-state index is 0.728. The molecule has 0 spiro atoms. The lowest BCUT2D eigenvalue weighted by molar-refractivity contribution is 0.167. The Morgan fingerprint density at radius 3 is 2.71 bits per heavy atom. The number of nitrogens with zero attached hydrogens (tertiary/aromatic N) is 2. The highest BCUT2D eigenvalue weighted by molar-refractivity contribution is 4.83. The first-order chi connectivity index (χ1) is 8.19. The maximum Gasteiger partial charge on any atom is 0.0192 e. The Balaban J connectivity index is 1.74. The summed E-state index contributed by atoms with van der Waals surface area (Å²) in [6.07, 6.45) is 2.66. The summed E-state index contributed by atoms with van der Waals surface area (Å²) in [5.74, 6) is 0.910. The van der Waals surface area contributed by atoms with Crippen molar-refractivity contribution < 1.29 is 0 Å². The fourth-order valence-electron chi connectivity index (χ4n) is 3.18. The molecule has 2 atom stereocenters. The largest absolute Gasteiger partial charge is 0.311 e. The Labute approximate surface area is 107 Å². The number of rotatable bonds is 4. The van der Waals surface area contributed by atoms with E-state index in [1.54, 1.807) is 0 Å². The van der Waals surface area contributed by atoms with Gasteiger partial charge in [-0.05, 0) is 39.2 Å². The normalized spacial score (nSPS) is 32.5. The van der Waals surface area contributed by atoms with E-state index < -0.39 is 0 Å². The van der Waals surface area contributed by atoms with Crippen LogP contribution in [0.3, 0.4) is 0 Å². The summed E-state index contributed by atoms with van der Waals surface area (Å²) < 4.78 is 0. The van der Waals surface area contributed by atoms with Crippen LogP contribution in [0.15, 0.2) is 0 Å². The predicted octanol–water partition coefficient (Wildman–Crippen LogP) is 1.40. The molecule has 0 amide bonds. The Morgan fingerprint density at radius 2 is 2.06 bits per heavy atom. The van der Waals surface area contributed by atoms with Gasteiger partial charge in [-0.1, -0.05) is 6.92 Å². The summed E-state index contributed by atoms with van der Waals surface area (Å²) >= 11 is 0. The molecule has 2 fully saturated rings. The first kappa shape index (κ1) is 13.3. The predicted molar refractivity (Wildman–Crippen MR) is 73.3 cm³/mol. The summed E-state index contributed by atoms with van der Waals surface area (Å²) in [6.45, 7) is 14.6. The maximum absolute atomic E-state index is 3.60. The molecule has 2 saturated heterocycles. The van der Waals surface area contributed by atoms with Gasteiger partial charge in [0.15, 0.2) is 0 Å². The fourth-order valence-corrected chi connectivity index (χ4v) is 3.18. The van der Waals surface area contributed by atoms with Crippen LogP contribution >= 0.6 is 0 Å². The smallest absolute Gasteiger partial charge is 0.0192 e. The molecule has 2 aliphatic heterocycles. The van der Waals surface area contributed by atoms with E-state index in [9.17, 15) is 0 Å². The molecule has 2 aliphatic rings. The van der Waals surface area contributed by atoms with E-state index in [2.05, 4.69) is 35.9 Å². The zero-order valence-electron chi connectivity index (χ0n) is 11.8. The van der Waals surface area contributed by atoms with Crippen molar-refractivity contribution >= 4 is 0 Å². The molecule has 100 valence electrons. The lowest BCUT2D eigenvalue weighted by Crippen LogP contribution is -2.51. The highest BCUT2D eigenvalue weighted by Crippen LogP contribution is 2.20. The van der Waals surface area contributed by atoms with Gasteiger partial charge in [-0.2, -0.15) is 0 Å². The SMILES string of the molecule is CCC1CN(CC2CCN(C(C)C)C2)CCN1. The molecular formula is C14H29N3. The van der Waals surface area contributed by atoms with E-state index in [0.717, 1.165) is 18.0 Å². The van der Waals surface area contributed by atoms with Gasteiger partial charge in [0.25, 0.3) is 0 Å². The Morgan fingerprint density at radius 1 is 1.24 bits per heavy atom. The van der Waals surface area contributed by atoms with Gasteiger partial charge in [0.05, 0.1) is 0 Å². The van der Waals surface area contributed by atoms with Crippen LogP contribution in [0.2, 0.25) is 0 Å². The summed E-state index contributed by atoms with van der Waals surface area (Å²) in [7, 11) is 0. The van der Waals surface area contributed by atoms with Crippen LogP contribution in [0.25, 0.3) is 0 Å². The summed E-state index contributed by atoms with van der Waals surface area (Å²) in [5.41, 5.74) is 0.